The van der Waals surface area contributed by atoms with E-state index in [-0.39, 0.29) is 0 Å². The average molecular weight is 889 g/mol. The van der Waals surface area contributed by atoms with Crippen molar-refractivity contribution >= 4 is 0 Å². The van der Waals surface area contributed by atoms with E-state index in [4.69, 9.17) is 19.7 Å². The molecule has 368 valence electrons. The van der Waals surface area contributed by atoms with Crippen LogP contribution in [0, 0.1) is 22.7 Å². The SMILES string of the molecule is CC1CC(CCCCCCCCCO)(CCCCCCCCCO)C1.CC1CC(CCCCCCCCCOCc2ccccc2)(CCCCCCCCCOCc2ccccc2)C1. The zero-order chi connectivity index (χ0) is 45.5. The lowest BCUT2D eigenvalue weighted by Gasteiger charge is -2.47. The van der Waals surface area contributed by atoms with Gasteiger partial charge < -0.3 is 19.7 Å². The van der Waals surface area contributed by atoms with Gasteiger partial charge in [0.1, 0.15) is 0 Å². The third-order valence-electron chi connectivity index (χ3n) is 15.1. The fourth-order valence-corrected chi connectivity index (χ4v) is 11.6. The van der Waals surface area contributed by atoms with Crippen LogP contribution < -0.4 is 0 Å². The fraction of sp³-hybridized carbons (Fsp3) is 0.800. The van der Waals surface area contributed by atoms with Gasteiger partial charge in [0.15, 0.2) is 0 Å². The molecule has 2 aliphatic carbocycles. The molecule has 4 rings (SSSR count). The van der Waals surface area contributed by atoms with Gasteiger partial charge in [-0.05, 0) is 111 Å². The Kier molecular flexibility index (Phi) is 33.8. The van der Waals surface area contributed by atoms with Crippen molar-refractivity contribution < 1.29 is 19.7 Å². The van der Waals surface area contributed by atoms with Crippen LogP contribution in [0.4, 0.5) is 0 Å². The number of ether oxygens (including phenoxy) is 2. The molecule has 0 aliphatic heterocycles. The van der Waals surface area contributed by atoms with Gasteiger partial charge in [-0.3, -0.25) is 0 Å². The first-order valence-electron chi connectivity index (χ1n) is 27.9. The Morgan fingerprint density at radius 3 is 0.875 bits per heavy atom. The van der Waals surface area contributed by atoms with E-state index in [9.17, 15) is 0 Å². The first kappa shape index (κ1) is 56.6. The van der Waals surface area contributed by atoms with Crippen molar-refractivity contribution in [1.82, 2.24) is 0 Å². The zero-order valence-electron chi connectivity index (χ0n) is 42.3. The summed E-state index contributed by atoms with van der Waals surface area (Å²) < 4.78 is 11.6. The molecule has 4 nitrogen and oxygen atoms in total. The molecule has 0 radical (unpaired) electrons. The Bertz CT molecular complexity index is 1180. The minimum absolute atomic E-state index is 0.364. The van der Waals surface area contributed by atoms with Gasteiger partial charge in [-0.15, -0.1) is 0 Å². The quantitative estimate of drug-likeness (QED) is 0.0652. The molecule has 0 bridgehead atoms. The predicted octanol–water partition coefficient (Wildman–Crippen LogP) is 17.7. The third kappa shape index (κ3) is 28.5. The first-order chi connectivity index (χ1) is 31.5. The van der Waals surface area contributed by atoms with Crippen molar-refractivity contribution in [2.45, 2.75) is 258 Å². The number of aliphatic hydroxyl groups is 2. The maximum absolute atomic E-state index is 8.80. The van der Waals surface area contributed by atoms with Crippen LogP contribution in [0.3, 0.4) is 0 Å². The van der Waals surface area contributed by atoms with Crippen LogP contribution in [-0.4, -0.2) is 36.6 Å². The van der Waals surface area contributed by atoms with Gasteiger partial charge in [-0.2, -0.15) is 0 Å². The molecule has 0 aromatic heterocycles. The standard InChI is InChI=1S/C37H58O2.C23H46O2/c1-34-30-37(31-34,26-18-8-4-2-6-10-20-28-38-32-35-22-14-12-15-23-35)27-19-9-5-3-7-11-21-29-39-33-36-24-16-13-17-25-36;1-22-20-23(21-22,16-12-8-4-2-6-10-14-18-24)17-13-9-5-3-7-11-15-19-25/h12-17,22-25,34H,2-11,18-21,26-33H2,1H3;22,24-25H,2-21H2,1H3. The van der Waals surface area contributed by atoms with Crippen LogP contribution in [0.5, 0.6) is 0 Å². The van der Waals surface area contributed by atoms with E-state index in [0.717, 1.165) is 51.1 Å². The lowest BCUT2D eigenvalue weighted by Crippen LogP contribution is -2.35. The molecule has 4 heteroatoms. The number of benzene rings is 2. The molecule has 2 saturated carbocycles. The van der Waals surface area contributed by atoms with Crippen molar-refractivity contribution in [2.75, 3.05) is 26.4 Å². The lowest BCUT2D eigenvalue weighted by atomic mass is 9.58. The van der Waals surface area contributed by atoms with Crippen molar-refractivity contribution in [2.24, 2.45) is 22.7 Å². The van der Waals surface area contributed by atoms with E-state index < -0.39 is 0 Å². The summed E-state index contributed by atoms with van der Waals surface area (Å²) in [5, 5.41) is 17.6. The molecule has 2 aromatic carbocycles. The van der Waals surface area contributed by atoms with Gasteiger partial charge in [0.25, 0.3) is 0 Å². The number of hydrogen-bond acceptors (Lipinski definition) is 4. The second kappa shape index (κ2) is 38.3. The molecular weight excluding hydrogens is 785 g/mol. The molecule has 0 unspecified atom stereocenters. The Hall–Kier alpha value is -1.72. The topological polar surface area (TPSA) is 58.9 Å². The average Bonchev–Trinajstić information content (AvgIpc) is 3.29. The highest BCUT2D eigenvalue weighted by Crippen LogP contribution is 2.53. The molecule has 0 spiro atoms. The smallest absolute Gasteiger partial charge is 0.0716 e. The van der Waals surface area contributed by atoms with Gasteiger partial charge in [-0.1, -0.05) is 229 Å². The maximum Gasteiger partial charge on any atom is 0.0716 e. The van der Waals surface area contributed by atoms with E-state index in [0.29, 0.717) is 24.0 Å². The van der Waals surface area contributed by atoms with Crippen LogP contribution in [0.15, 0.2) is 60.7 Å². The molecule has 64 heavy (non-hydrogen) atoms. The Morgan fingerprint density at radius 2 is 0.609 bits per heavy atom. The summed E-state index contributed by atoms with van der Waals surface area (Å²) >= 11 is 0. The zero-order valence-corrected chi connectivity index (χ0v) is 42.3. The van der Waals surface area contributed by atoms with Crippen molar-refractivity contribution in [3.8, 4) is 0 Å². The second-order valence-corrected chi connectivity index (χ2v) is 21.4. The highest BCUT2D eigenvalue weighted by atomic mass is 16.5. The number of unbranched alkanes of at least 4 members (excludes halogenated alkanes) is 24. The molecule has 2 fully saturated rings. The Morgan fingerprint density at radius 1 is 0.359 bits per heavy atom. The second-order valence-electron chi connectivity index (χ2n) is 21.4. The van der Waals surface area contributed by atoms with Crippen LogP contribution in [0.2, 0.25) is 0 Å². The van der Waals surface area contributed by atoms with Crippen LogP contribution in [-0.2, 0) is 22.7 Å². The molecule has 0 heterocycles. The highest BCUT2D eigenvalue weighted by Gasteiger charge is 2.41. The molecule has 0 atom stereocenters. The summed E-state index contributed by atoms with van der Waals surface area (Å²) in [7, 11) is 0. The minimum Gasteiger partial charge on any atom is -0.396 e. The molecular formula is C60H104O4. The van der Waals surface area contributed by atoms with Crippen molar-refractivity contribution in [3.05, 3.63) is 71.8 Å². The monoisotopic (exact) mass is 889 g/mol. The number of aliphatic hydroxyl groups excluding tert-OH is 2. The molecule has 2 aliphatic rings. The van der Waals surface area contributed by atoms with E-state index in [1.165, 1.54) is 229 Å². The normalized spacial score (nSPS) is 15.7. The Balaban J connectivity index is 0.000000376. The van der Waals surface area contributed by atoms with E-state index in [1.807, 2.05) is 0 Å². The van der Waals surface area contributed by atoms with Crippen LogP contribution >= 0.6 is 0 Å². The summed E-state index contributed by atoms with van der Waals surface area (Å²) in [5.74, 6) is 1.94. The summed E-state index contributed by atoms with van der Waals surface area (Å²) in [6, 6.07) is 21.0. The number of rotatable bonds is 42. The largest absolute Gasteiger partial charge is 0.396 e. The molecule has 2 aromatic rings. The molecule has 0 amide bonds. The minimum atomic E-state index is 0.364. The van der Waals surface area contributed by atoms with E-state index >= 15 is 0 Å². The fourth-order valence-electron chi connectivity index (χ4n) is 11.6. The van der Waals surface area contributed by atoms with Crippen molar-refractivity contribution in [3.63, 3.8) is 0 Å². The summed E-state index contributed by atoms with van der Waals surface area (Å²) in [6.45, 7) is 8.94. The maximum atomic E-state index is 8.80. The van der Waals surface area contributed by atoms with Crippen molar-refractivity contribution in [1.29, 1.82) is 0 Å². The molecule has 2 N–H and O–H groups in total. The lowest BCUT2D eigenvalue weighted by molar-refractivity contribution is 0.0396. The Labute approximate surface area is 397 Å². The van der Waals surface area contributed by atoms with Gasteiger partial charge >= 0.3 is 0 Å². The van der Waals surface area contributed by atoms with Gasteiger partial charge in [0.05, 0.1) is 13.2 Å². The summed E-state index contributed by atoms with van der Waals surface area (Å²) in [5.41, 5.74) is 3.99. The molecule has 0 saturated heterocycles. The van der Waals surface area contributed by atoms with Gasteiger partial charge in [-0.25, -0.2) is 0 Å². The van der Waals surface area contributed by atoms with Gasteiger partial charge in [0, 0.05) is 26.4 Å². The highest BCUT2D eigenvalue weighted by molar-refractivity contribution is 5.14. The van der Waals surface area contributed by atoms with Gasteiger partial charge in [0.2, 0.25) is 0 Å². The third-order valence-corrected chi connectivity index (χ3v) is 15.1. The first-order valence-corrected chi connectivity index (χ1v) is 27.9. The number of hydrogen-bond donors (Lipinski definition) is 2. The van der Waals surface area contributed by atoms with E-state index in [1.54, 1.807) is 0 Å². The van der Waals surface area contributed by atoms with Crippen LogP contribution in [0.1, 0.15) is 256 Å². The van der Waals surface area contributed by atoms with Crippen LogP contribution in [0.25, 0.3) is 0 Å². The summed E-state index contributed by atoms with van der Waals surface area (Å²) in [6.07, 6.45) is 49.4. The predicted molar refractivity (Wildman–Crippen MR) is 276 cm³/mol. The summed E-state index contributed by atoms with van der Waals surface area (Å²) in [4.78, 5) is 0. The van der Waals surface area contributed by atoms with E-state index in [2.05, 4.69) is 74.5 Å².